The molecule has 0 aliphatic carbocycles. The quantitative estimate of drug-likeness (QED) is 0.617. The molecule has 2 aliphatic rings. The maximum absolute atomic E-state index is 14.1. The lowest BCUT2D eigenvalue weighted by Gasteiger charge is -2.37. The monoisotopic (exact) mass is 418 g/mol. The third-order valence-corrected chi connectivity index (χ3v) is 6.41. The van der Waals surface area contributed by atoms with Crippen molar-refractivity contribution < 1.29 is 9.18 Å². The van der Waals surface area contributed by atoms with Gasteiger partial charge < -0.3 is 9.80 Å². The van der Waals surface area contributed by atoms with Crippen LogP contribution in [-0.4, -0.2) is 92.0 Å². The Morgan fingerprint density at radius 2 is 1.77 bits per heavy atom. The van der Waals surface area contributed by atoms with Crippen molar-refractivity contribution in [2.45, 2.75) is 38.6 Å². The van der Waals surface area contributed by atoms with E-state index in [-0.39, 0.29) is 11.7 Å². The average Bonchev–Trinajstić information content (AvgIpc) is 2.73. The highest BCUT2D eigenvalue weighted by Crippen LogP contribution is 2.21. The van der Waals surface area contributed by atoms with Crippen LogP contribution in [0.15, 0.2) is 24.3 Å². The van der Waals surface area contributed by atoms with E-state index in [1.807, 2.05) is 12.1 Å². The number of likely N-dealkylation sites (N-methyl/N-ethyl adjacent to an activating group) is 1. The highest BCUT2D eigenvalue weighted by Gasteiger charge is 2.26. The van der Waals surface area contributed by atoms with Crippen molar-refractivity contribution in [3.63, 3.8) is 0 Å². The maximum Gasteiger partial charge on any atom is 0.236 e. The van der Waals surface area contributed by atoms with Gasteiger partial charge in [0.05, 0.1) is 6.54 Å². The minimum absolute atomic E-state index is 0.121. The zero-order valence-corrected chi connectivity index (χ0v) is 18.9. The molecule has 3 rings (SSSR count). The molecule has 1 aromatic carbocycles. The minimum Gasteiger partial charge on any atom is -0.340 e. The number of rotatable bonds is 9. The van der Waals surface area contributed by atoms with Crippen LogP contribution in [0.4, 0.5) is 4.39 Å². The van der Waals surface area contributed by atoms with Gasteiger partial charge in [0, 0.05) is 38.3 Å². The van der Waals surface area contributed by atoms with E-state index < -0.39 is 0 Å². The van der Waals surface area contributed by atoms with Crippen LogP contribution in [0.2, 0.25) is 0 Å². The minimum atomic E-state index is -0.121. The maximum atomic E-state index is 14.1. The Bertz CT molecular complexity index is 662. The number of carbonyl (C=O) groups excluding carboxylic acids is 1. The summed E-state index contributed by atoms with van der Waals surface area (Å²) in [5.41, 5.74) is 0.767. The third-order valence-electron chi connectivity index (χ3n) is 6.41. The number of hydrogen-bond acceptors (Lipinski definition) is 4. The molecule has 5 nitrogen and oxygen atoms in total. The number of amides is 1. The SMILES string of the molecule is CN(C)CCN(C[C@H]1CCCN(Cc2ccccc2F)C1)C(=O)CN1CCCCC1. The Balaban J connectivity index is 1.56. The van der Waals surface area contributed by atoms with Gasteiger partial charge in [0.2, 0.25) is 5.91 Å². The fraction of sp³-hybridized carbons (Fsp3) is 0.708. The van der Waals surface area contributed by atoms with Gasteiger partial charge in [-0.2, -0.15) is 0 Å². The van der Waals surface area contributed by atoms with Crippen molar-refractivity contribution >= 4 is 5.91 Å². The van der Waals surface area contributed by atoms with Crippen molar-refractivity contribution in [3.05, 3.63) is 35.6 Å². The van der Waals surface area contributed by atoms with Gasteiger partial charge in [0.15, 0.2) is 0 Å². The third kappa shape index (κ3) is 7.33. The number of carbonyl (C=O) groups is 1. The molecule has 0 N–H and O–H groups in total. The standard InChI is InChI=1S/C24H39FN4O/c1-26(2)15-16-29(24(30)20-27-12-6-3-7-13-27)18-21-9-8-14-28(17-21)19-22-10-4-5-11-23(22)25/h4-5,10-11,21H,3,6-9,12-20H2,1-2H3/t21-/m0/s1. The molecule has 2 fully saturated rings. The zero-order valence-electron chi connectivity index (χ0n) is 18.9. The van der Waals surface area contributed by atoms with Crippen molar-refractivity contribution in [1.82, 2.24) is 19.6 Å². The molecular weight excluding hydrogens is 379 g/mol. The van der Waals surface area contributed by atoms with E-state index in [9.17, 15) is 9.18 Å². The normalized spacial score (nSPS) is 21.1. The van der Waals surface area contributed by atoms with Gasteiger partial charge in [-0.3, -0.25) is 14.6 Å². The summed E-state index contributed by atoms with van der Waals surface area (Å²) >= 11 is 0. The van der Waals surface area contributed by atoms with Gasteiger partial charge in [0.25, 0.3) is 0 Å². The van der Waals surface area contributed by atoms with Gasteiger partial charge >= 0.3 is 0 Å². The number of nitrogens with zero attached hydrogens (tertiary/aromatic N) is 4. The Hall–Kier alpha value is -1.50. The van der Waals surface area contributed by atoms with Gasteiger partial charge in [-0.25, -0.2) is 4.39 Å². The van der Waals surface area contributed by atoms with E-state index in [2.05, 4.69) is 33.7 Å². The molecule has 2 aliphatic heterocycles. The van der Waals surface area contributed by atoms with Gasteiger partial charge in [0.1, 0.15) is 5.82 Å². The largest absolute Gasteiger partial charge is 0.340 e. The van der Waals surface area contributed by atoms with E-state index in [0.29, 0.717) is 19.0 Å². The molecule has 0 radical (unpaired) electrons. The Morgan fingerprint density at radius 1 is 1.03 bits per heavy atom. The second kappa shape index (κ2) is 11.8. The first-order valence-corrected chi connectivity index (χ1v) is 11.6. The molecule has 6 heteroatoms. The van der Waals surface area contributed by atoms with E-state index in [1.54, 1.807) is 12.1 Å². The summed E-state index contributed by atoms with van der Waals surface area (Å²) in [7, 11) is 4.12. The molecular formula is C24H39FN4O. The number of likely N-dealkylation sites (tertiary alicyclic amines) is 2. The van der Waals surface area contributed by atoms with Crippen molar-refractivity contribution in [2.24, 2.45) is 5.92 Å². The molecule has 0 bridgehead atoms. The van der Waals surface area contributed by atoms with Crippen LogP contribution in [0, 0.1) is 11.7 Å². The van der Waals surface area contributed by atoms with Crippen molar-refractivity contribution in [2.75, 3.05) is 66.5 Å². The lowest BCUT2D eigenvalue weighted by Crippen LogP contribution is -2.48. The topological polar surface area (TPSA) is 30.0 Å². The van der Waals surface area contributed by atoms with Crippen LogP contribution >= 0.6 is 0 Å². The highest BCUT2D eigenvalue weighted by atomic mass is 19.1. The Labute approximate surface area is 181 Å². The lowest BCUT2D eigenvalue weighted by molar-refractivity contribution is -0.133. The second-order valence-electron chi connectivity index (χ2n) is 9.31. The van der Waals surface area contributed by atoms with E-state index in [0.717, 1.165) is 64.2 Å². The summed E-state index contributed by atoms with van der Waals surface area (Å²) in [5, 5.41) is 0. The molecule has 2 heterocycles. The van der Waals surface area contributed by atoms with E-state index in [1.165, 1.54) is 19.3 Å². The fourth-order valence-electron chi connectivity index (χ4n) is 4.67. The molecule has 1 atom stereocenters. The first-order chi connectivity index (χ1) is 14.5. The van der Waals surface area contributed by atoms with E-state index >= 15 is 0 Å². The smallest absolute Gasteiger partial charge is 0.236 e. The van der Waals surface area contributed by atoms with E-state index in [4.69, 9.17) is 0 Å². The second-order valence-corrected chi connectivity index (χ2v) is 9.31. The summed E-state index contributed by atoms with van der Waals surface area (Å²) in [5.74, 6) is 0.604. The predicted molar refractivity (Wildman–Crippen MR) is 120 cm³/mol. The van der Waals surface area contributed by atoms with Crippen molar-refractivity contribution in [1.29, 1.82) is 0 Å². The van der Waals surface area contributed by atoms with Crippen LogP contribution in [0.3, 0.4) is 0 Å². The fourth-order valence-corrected chi connectivity index (χ4v) is 4.67. The molecule has 0 aromatic heterocycles. The number of piperidine rings is 2. The molecule has 1 amide bonds. The van der Waals surface area contributed by atoms with Crippen LogP contribution in [0.25, 0.3) is 0 Å². The molecule has 30 heavy (non-hydrogen) atoms. The molecule has 168 valence electrons. The number of benzene rings is 1. The summed E-state index contributed by atoms with van der Waals surface area (Å²) in [6, 6.07) is 7.07. The highest BCUT2D eigenvalue weighted by molar-refractivity contribution is 5.78. The van der Waals surface area contributed by atoms with Gasteiger partial charge in [-0.05, 0) is 71.4 Å². The van der Waals surface area contributed by atoms with Crippen molar-refractivity contribution in [3.8, 4) is 0 Å². The summed E-state index contributed by atoms with van der Waals surface area (Å²) in [4.78, 5) is 22.0. The summed E-state index contributed by atoms with van der Waals surface area (Å²) in [6.45, 7) is 7.73. The first-order valence-electron chi connectivity index (χ1n) is 11.6. The lowest BCUT2D eigenvalue weighted by atomic mass is 9.96. The number of hydrogen-bond donors (Lipinski definition) is 0. The van der Waals surface area contributed by atoms with Crippen LogP contribution in [0.1, 0.15) is 37.7 Å². The molecule has 0 spiro atoms. The Kier molecular flexibility index (Phi) is 9.09. The number of halogens is 1. The molecule has 1 aromatic rings. The van der Waals surface area contributed by atoms with Crippen LogP contribution in [0.5, 0.6) is 0 Å². The molecule has 2 saturated heterocycles. The molecule has 0 unspecified atom stereocenters. The predicted octanol–water partition coefficient (Wildman–Crippen LogP) is 2.91. The van der Waals surface area contributed by atoms with Gasteiger partial charge in [-0.1, -0.05) is 24.6 Å². The average molecular weight is 419 g/mol. The summed E-state index contributed by atoms with van der Waals surface area (Å²) in [6.07, 6.45) is 5.95. The molecule has 0 saturated carbocycles. The van der Waals surface area contributed by atoms with Crippen LogP contribution < -0.4 is 0 Å². The zero-order chi connectivity index (χ0) is 21.3. The Morgan fingerprint density at radius 3 is 2.50 bits per heavy atom. The van der Waals surface area contributed by atoms with Gasteiger partial charge in [-0.15, -0.1) is 0 Å². The van der Waals surface area contributed by atoms with Crippen LogP contribution in [-0.2, 0) is 11.3 Å². The summed E-state index contributed by atoms with van der Waals surface area (Å²) < 4.78 is 14.1. The first kappa shape index (κ1) is 23.2.